The highest BCUT2D eigenvalue weighted by Gasteiger charge is 2.32. The van der Waals surface area contributed by atoms with E-state index in [9.17, 15) is 26.7 Å². The summed E-state index contributed by atoms with van der Waals surface area (Å²) in [6, 6.07) is 14.9. The lowest BCUT2D eigenvalue weighted by molar-refractivity contribution is -0.138. The van der Waals surface area contributed by atoms with Crippen molar-refractivity contribution >= 4 is 97.4 Å². The topological polar surface area (TPSA) is 137 Å². The number of carboxylic acid groups (broad SMARTS) is 1. The fourth-order valence-electron chi connectivity index (χ4n) is 7.07. The number of fused-ring (bicyclic) bond motifs is 1. The van der Waals surface area contributed by atoms with Gasteiger partial charge in [-0.1, -0.05) is 73.3 Å². The average Bonchev–Trinajstić information content (AvgIpc) is 3.46. The van der Waals surface area contributed by atoms with Crippen molar-refractivity contribution in [3.63, 3.8) is 0 Å². The number of thiophene rings is 1. The largest absolute Gasteiger partial charge is 0.480 e. The normalized spacial score (nSPS) is 17.6. The van der Waals surface area contributed by atoms with E-state index in [1.54, 1.807) is 10.4 Å². The summed E-state index contributed by atoms with van der Waals surface area (Å²) >= 11 is 14.0. The van der Waals surface area contributed by atoms with Gasteiger partial charge < -0.3 is 10.0 Å². The third-order valence-corrected chi connectivity index (χ3v) is 16.8. The van der Waals surface area contributed by atoms with Crippen LogP contribution in [0.3, 0.4) is 0 Å². The van der Waals surface area contributed by atoms with Crippen LogP contribution in [-0.2, 0) is 31.3 Å². The SMILES string of the molecule is O=C(O)C(Cc1cccc2ccccc12)NS(=O)(=O)c1cnc(N2CCC(CCCC3CCN(S(=O)(=O)c4cc(Br)c(Cl)s4)CC3)CC2)c(Br)c1. The number of hydrogen-bond acceptors (Lipinski definition) is 8. The van der Waals surface area contributed by atoms with Gasteiger partial charge in [-0.2, -0.15) is 9.03 Å². The monoisotopic (exact) mass is 900 g/mol. The summed E-state index contributed by atoms with van der Waals surface area (Å²) in [6.07, 6.45) is 8.32. The van der Waals surface area contributed by atoms with Gasteiger partial charge in [-0.25, -0.2) is 21.8 Å². The number of carbonyl (C=O) groups is 1. The number of carboxylic acids is 1. The lowest BCUT2D eigenvalue weighted by Gasteiger charge is -2.34. The lowest BCUT2D eigenvalue weighted by atomic mass is 9.87. The van der Waals surface area contributed by atoms with Crippen LogP contribution in [0.2, 0.25) is 4.34 Å². The molecule has 2 aromatic heterocycles. The zero-order chi connectivity index (χ0) is 36.3. The average molecular weight is 903 g/mol. The molecule has 2 aliphatic rings. The van der Waals surface area contributed by atoms with Crippen LogP contribution in [0.5, 0.6) is 0 Å². The highest BCUT2D eigenvalue weighted by Crippen LogP contribution is 2.38. The second-order valence-electron chi connectivity index (χ2n) is 13.2. The molecule has 2 saturated heterocycles. The Kier molecular flexibility index (Phi) is 12.5. The summed E-state index contributed by atoms with van der Waals surface area (Å²) in [6.45, 7) is 2.65. The Morgan fingerprint density at radius 1 is 0.941 bits per heavy atom. The fraction of sp³-hybridized carbons (Fsp3) is 0.429. The number of aromatic nitrogens is 1. The number of aliphatic carboxylic acids is 1. The molecule has 0 bridgehead atoms. The van der Waals surface area contributed by atoms with Crippen molar-refractivity contribution in [2.24, 2.45) is 11.8 Å². The number of hydrogen-bond donors (Lipinski definition) is 2. The number of sulfonamides is 2. The minimum absolute atomic E-state index is 0.00831. The summed E-state index contributed by atoms with van der Waals surface area (Å²) in [5.41, 5.74) is 0.741. The minimum Gasteiger partial charge on any atom is -0.480 e. The second kappa shape index (κ2) is 16.5. The number of benzene rings is 2. The second-order valence-corrected chi connectivity index (χ2v) is 20.5. The number of halogens is 3. The van der Waals surface area contributed by atoms with E-state index in [0.29, 0.717) is 44.0 Å². The molecular weight excluding hydrogens is 864 g/mol. The van der Waals surface area contributed by atoms with Gasteiger partial charge in [-0.05, 0) is 97.8 Å². The molecule has 0 aliphatic carbocycles. The molecule has 4 aromatic rings. The Bertz CT molecular complexity index is 2080. The molecule has 0 saturated carbocycles. The van der Waals surface area contributed by atoms with E-state index in [1.807, 2.05) is 42.5 Å². The molecule has 2 N–H and O–H groups in total. The zero-order valence-electron chi connectivity index (χ0n) is 27.7. The Morgan fingerprint density at radius 2 is 1.59 bits per heavy atom. The molecule has 0 amide bonds. The summed E-state index contributed by atoms with van der Waals surface area (Å²) in [4.78, 5) is 18.7. The molecule has 2 aromatic carbocycles. The molecule has 51 heavy (non-hydrogen) atoms. The summed E-state index contributed by atoms with van der Waals surface area (Å²) in [7, 11) is -7.70. The number of piperidine rings is 2. The molecule has 16 heteroatoms. The van der Waals surface area contributed by atoms with Gasteiger partial charge in [-0.3, -0.25) is 4.79 Å². The lowest BCUT2D eigenvalue weighted by Crippen LogP contribution is -2.42. The Balaban J connectivity index is 0.969. The van der Waals surface area contributed by atoms with Gasteiger partial charge in [0.05, 0.1) is 4.47 Å². The van der Waals surface area contributed by atoms with Crippen LogP contribution in [0.4, 0.5) is 5.82 Å². The van der Waals surface area contributed by atoms with E-state index >= 15 is 0 Å². The van der Waals surface area contributed by atoms with Gasteiger partial charge >= 0.3 is 5.97 Å². The van der Waals surface area contributed by atoms with Gasteiger partial charge in [0, 0.05) is 43.3 Å². The molecule has 0 radical (unpaired) electrons. The third-order valence-electron chi connectivity index (χ3n) is 9.94. The highest BCUT2D eigenvalue weighted by atomic mass is 79.9. The van der Waals surface area contributed by atoms with Crippen LogP contribution in [0.1, 0.15) is 50.5 Å². The number of pyridine rings is 1. The third kappa shape index (κ3) is 9.17. The molecule has 0 spiro atoms. The van der Waals surface area contributed by atoms with Crippen molar-refractivity contribution in [3.8, 4) is 0 Å². The van der Waals surface area contributed by atoms with Gasteiger partial charge in [0.15, 0.2) is 0 Å². The predicted octanol–water partition coefficient (Wildman–Crippen LogP) is 7.94. The van der Waals surface area contributed by atoms with Crippen LogP contribution in [-0.4, -0.2) is 69.4 Å². The van der Waals surface area contributed by atoms with E-state index in [2.05, 4.69) is 46.5 Å². The van der Waals surface area contributed by atoms with Gasteiger partial charge in [0.1, 0.15) is 25.3 Å². The molecule has 6 rings (SSSR count). The number of anilines is 1. The molecule has 1 atom stereocenters. The van der Waals surface area contributed by atoms with Gasteiger partial charge in [0.25, 0.3) is 10.0 Å². The molecular formula is C35H39Br2ClN4O6S3. The maximum absolute atomic E-state index is 13.3. The van der Waals surface area contributed by atoms with E-state index in [0.717, 1.165) is 85.7 Å². The number of nitrogens with zero attached hydrogens (tertiary/aromatic N) is 3. The van der Waals surface area contributed by atoms with Gasteiger partial charge in [-0.15, -0.1) is 11.3 Å². The van der Waals surface area contributed by atoms with Crippen LogP contribution >= 0.6 is 54.8 Å². The van der Waals surface area contributed by atoms with Crippen molar-refractivity contribution in [1.82, 2.24) is 14.0 Å². The first-order valence-electron chi connectivity index (χ1n) is 16.9. The van der Waals surface area contributed by atoms with E-state index < -0.39 is 32.1 Å². The Morgan fingerprint density at radius 3 is 2.22 bits per heavy atom. The maximum Gasteiger partial charge on any atom is 0.322 e. The molecule has 2 aliphatic heterocycles. The zero-order valence-corrected chi connectivity index (χ0v) is 34.1. The number of rotatable bonds is 13. The first-order valence-corrected chi connectivity index (χ1v) is 22.6. The first-order chi connectivity index (χ1) is 24.3. The van der Waals surface area contributed by atoms with Crippen molar-refractivity contribution in [3.05, 3.63) is 79.6 Å². The standard InChI is InChI=1S/C35H39Br2ClN4O6S3/c36-29-21-32(49-33(29)38)51(47,48)42-17-13-24(14-18-42)6-3-5-23-11-15-41(16-12-23)34-30(37)20-27(22-39-34)50(45,46)40-31(35(43)44)19-26-9-4-8-25-7-1-2-10-28(25)26/h1-2,4,7-10,20-24,31,40H,3,5-6,11-19H2,(H,43,44). The summed E-state index contributed by atoms with van der Waals surface area (Å²) in [5.74, 6) is 0.505. The molecule has 1 unspecified atom stereocenters. The number of nitrogens with one attached hydrogen (secondary N) is 1. The van der Waals surface area contributed by atoms with Crippen LogP contribution < -0.4 is 9.62 Å². The van der Waals surface area contributed by atoms with Crippen LogP contribution in [0.25, 0.3) is 10.8 Å². The molecule has 10 nitrogen and oxygen atoms in total. The fourth-order valence-corrected chi connectivity index (χ4v) is 12.9. The molecule has 274 valence electrons. The van der Waals surface area contributed by atoms with Crippen molar-refractivity contribution in [2.45, 2.75) is 66.5 Å². The van der Waals surface area contributed by atoms with Gasteiger partial charge in [0.2, 0.25) is 10.0 Å². The minimum atomic E-state index is -4.18. The van der Waals surface area contributed by atoms with E-state index in [1.165, 1.54) is 12.3 Å². The maximum atomic E-state index is 13.3. The quantitative estimate of drug-likeness (QED) is 0.138. The Hall–Kier alpha value is -2.11. The Labute approximate surface area is 324 Å². The van der Waals surface area contributed by atoms with E-state index in [-0.39, 0.29) is 15.5 Å². The first kappa shape index (κ1) is 38.6. The smallest absolute Gasteiger partial charge is 0.322 e. The van der Waals surface area contributed by atoms with Crippen LogP contribution in [0.15, 0.2) is 78.8 Å². The summed E-state index contributed by atoms with van der Waals surface area (Å²) < 4.78 is 58.6. The van der Waals surface area contributed by atoms with E-state index in [4.69, 9.17) is 11.6 Å². The van der Waals surface area contributed by atoms with Crippen molar-refractivity contribution in [1.29, 1.82) is 0 Å². The van der Waals surface area contributed by atoms with Crippen molar-refractivity contribution < 1.29 is 26.7 Å². The predicted molar refractivity (Wildman–Crippen MR) is 209 cm³/mol. The molecule has 4 heterocycles. The highest BCUT2D eigenvalue weighted by molar-refractivity contribution is 9.11. The van der Waals surface area contributed by atoms with Crippen molar-refractivity contribution in [2.75, 3.05) is 31.1 Å². The summed E-state index contributed by atoms with van der Waals surface area (Å²) in [5, 5.41) is 11.8. The molecule has 2 fully saturated rings. The van der Waals surface area contributed by atoms with Crippen LogP contribution in [0, 0.1) is 11.8 Å².